The Morgan fingerprint density at radius 1 is 1.09 bits per heavy atom. The number of anilines is 1. The highest BCUT2D eigenvalue weighted by Crippen LogP contribution is 2.25. The first kappa shape index (κ1) is 27.4. The minimum absolute atomic E-state index is 0.101. The zero-order valence-electron chi connectivity index (χ0n) is 20.0. The first-order valence-corrected chi connectivity index (χ1v) is 13.5. The zero-order chi connectivity index (χ0) is 25.4. The number of nitrogens with one attached hydrogen (secondary N) is 3. The SMILES string of the molecule is CC(C)CCOc1ccc(Br)cc1C(=O)NC(=S)Nc1ccc(Cl)c(C(=O)NC2CCCCC2)c1. The van der Waals surface area contributed by atoms with Gasteiger partial charge in [0.1, 0.15) is 5.75 Å². The van der Waals surface area contributed by atoms with E-state index in [9.17, 15) is 9.59 Å². The number of carbonyl (C=O) groups is 2. The third-order valence-electron chi connectivity index (χ3n) is 5.78. The van der Waals surface area contributed by atoms with Gasteiger partial charge in [0.15, 0.2) is 5.11 Å². The number of ether oxygens (including phenoxy) is 1. The molecule has 2 amide bonds. The molecular weight excluding hydrogens is 550 g/mol. The molecule has 9 heteroatoms. The number of benzene rings is 2. The summed E-state index contributed by atoms with van der Waals surface area (Å²) in [4.78, 5) is 25.7. The molecule has 188 valence electrons. The molecule has 0 heterocycles. The molecule has 0 atom stereocenters. The van der Waals surface area contributed by atoms with E-state index in [1.54, 1.807) is 30.3 Å². The lowest BCUT2D eigenvalue weighted by atomic mass is 9.95. The van der Waals surface area contributed by atoms with Gasteiger partial charge in [-0.1, -0.05) is 60.6 Å². The normalized spacial score (nSPS) is 13.9. The Hall–Kier alpha value is -2.16. The van der Waals surface area contributed by atoms with E-state index in [1.165, 1.54) is 6.42 Å². The largest absolute Gasteiger partial charge is 0.493 e. The summed E-state index contributed by atoms with van der Waals surface area (Å²) in [5, 5.41) is 9.19. The Kier molecular flexibility index (Phi) is 10.4. The van der Waals surface area contributed by atoms with Gasteiger partial charge in [0.2, 0.25) is 0 Å². The minimum Gasteiger partial charge on any atom is -0.493 e. The van der Waals surface area contributed by atoms with Crippen molar-refractivity contribution in [1.29, 1.82) is 0 Å². The van der Waals surface area contributed by atoms with Crippen LogP contribution in [0.3, 0.4) is 0 Å². The molecule has 0 radical (unpaired) electrons. The first-order valence-electron chi connectivity index (χ1n) is 11.9. The second kappa shape index (κ2) is 13.2. The molecule has 0 unspecified atom stereocenters. The van der Waals surface area contributed by atoms with Crippen LogP contribution in [0.2, 0.25) is 5.02 Å². The Morgan fingerprint density at radius 2 is 1.83 bits per heavy atom. The van der Waals surface area contributed by atoms with Gasteiger partial charge in [-0.2, -0.15) is 0 Å². The van der Waals surface area contributed by atoms with E-state index >= 15 is 0 Å². The monoisotopic (exact) mass is 579 g/mol. The van der Waals surface area contributed by atoms with E-state index in [0.717, 1.165) is 36.6 Å². The van der Waals surface area contributed by atoms with Crippen LogP contribution in [0, 0.1) is 5.92 Å². The zero-order valence-corrected chi connectivity index (χ0v) is 23.1. The van der Waals surface area contributed by atoms with Gasteiger partial charge in [-0.25, -0.2) is 0 Å². The fourth-order valence-electron chi connectivity index (χ4n) is 3.83. The molecule has 0 saturated heterocycles. The molecule has 2 aromatic rings. The molecule has 35 heavy (non-hydrogen) atoms. The lowest BCUT2D eigenvalue weighted by Crippen LogP contribution is -2.36. The average Bonchev–Trinajstić information content (AvgIpc) is 2.81. The summed E-state index contributed by atoms with van der Waals surface area (Å²) in [7, 11) is 0. The summed E-state index contributed by atoms with van der Waals surface area (Å²) in [6.45, 7) is 4.74. The van der Waals surface area contributed by atoms with Gasteiger partial charge >= 0.3 is 0 Å². The number of hydrogen-bond acceptors (Lipinski definition) is 4. The lowest BCUT2D eigenvalue weighted by Gasteiger charge is -2.23. The van der Waals surface area contributed by atoms with Crippen molar-refractivity contribution in [2.24, 2.45) is 5.92 Å². The Morgan fingerprint density at radius 3 is 2.54 bits per heavy atom. The van der Waals surface area contributed by atoms with Crippen molar-refractivity contribution in [2.75, 3.05) is 11.9 Å². The van der Waals surface area contributed by atoms with E-state index in [4.69, 9.17) is 28.6 Å². The van der Waals surface area contributed by atoms with Crippen LogP contribution in [-0.2, 0) is 0 Å². The molecule has 0 spiro atoms. The number of amides is 2. The molecule has 1 aliphatic carbocycles. The van der Waals surface area contributed by atoms with Crippen molar-refractivity contribution >= 4 is 62.4 Å². The molecule has 2 aromatic carbocycles. The molecule has 1 aliphatic rings. The molecule has 0 aromatic heterocycles. The second-order valence-corrected chi connectivity index (χ2v) is 10.8. The predicted octanol–water partition coefficient (Wildman–Crippen LogP) is 6.72. The highest BCUT2D eigenvalue weighted by molar-refractivity contribution is 9.10. The van der Waals surface area contributed by atoms with Crippen LogP contribution in [0.5, 0.6) is 5.75 Å². The first-order chi connectivity index (χ1) is 16.7. The highest BCUT2D eigenvalue weighted by atomic mass is 79.9. The minimum atomic E-state index is -0.396. The highest BCUT2D eigenvalue weighted by Gasteiger charge is 2.19. The number of rotatable bonds is 8. The van der Waals surface area contributed by atoms with E-state index in [-0.39, 0.29) is 17.1 Å². The summed E-state index contributed by atoms with van der Waals surface area (Å²) in [5.74, 6) is 0.376. The maximum absolute atomic E-state index is 12.9. The molecule has 1 saturated carbocycles. The topological polar surface area (TPSA) is 79.5 Å². The van der Waals surface area contributed by atoms with Crippen LogP contribution >= 0.6 is 39.7 Å². The fraction of sp³-hybridized carbons (Fsp3) is 0.423. The summed E-state index contributed by atoms with van der Waals surface area (Å²) < 4.78 is 6.59. The Balaban J connectivity index is 1.64. The number of thiocarbonyl (C=S) groups is 1. The van der Waals surface area contributed by atoms with Crippen LogP contribution < -0.4 is 20.7 Å². The van der Waals surface area contributed by atoms with Gasteiger partial charge in [0.05, 0.1) is 22.8 Å². The van der Waals surface area contributed by atoms with Crippen LogP contribution in [0.15, 0.2) is 40.9 Å². The predicted molar refractivity (Wildman–Crippen MR) is 149 cm³/mol. The van der Waals surface area contributed by atoms with E-state index in [2.05, 4.69) is 45.7 Å². The van der Waals surface area contributed by atoms with Crippen molar-refractivity contribution in [1.82, 2.24) is 10.6 Å². The van der Waals surface area contributed by atoms with Crippen molar-refractivity contribution in [2.45, 2.75) is 58.4 Å². The molecule has 6 nitrogen and oxygen atoms in total. The number of carbonyl (C=O) groups excluding carboxylic acids is 2. The smallest absolute Gasteiger partial charge is 0.261 e. The summed E-state index contributed by atoms with van der Waals surface area (Å²) >= 11 is 15.1. The van der Waals surface area contributed by atoms with Crippen LogP contribution in [-0.4, -0.2) is 29.6 Å². The molecule has 0 aliphatic heterocycles. The van der Waals surface area contributed by atoms with Crippen LogP contribution in [0.1, 0.15) is 73.1 Å². The Labute approximate surface area is 225 Å². The number of halogens is 2. The standard InChI is InChI=1S/C26H31BrClN3O3S/c1-16(2)12-13-34-23-11-8-17(27)14-21(23)25(33)31-26(35)30-19-9-10-22(28)20(15-19)24(32)29-18-6-4-3-5-7-18/h8-11,14-16,18H,3-7,12-13H2,1-2H3,(H,29,32)(H2,30,31,33,35). The van der Waals surface area contributed by atoms with Gasteiger partial charge in [-0.05, 0) is 73.8 Å². The second-order valence-electron chi connectivity index (χ2n) is 9.08. The maximum Gasteiger partial charge on any atom is 0.261 e. The average molecular weight is 581 g/mol. The summed E-state index contributed by atoms with van der Waals surface area (Å²) in [6.07, 6.45) is 6.30. The third-order valence-corrected chi connectivity index (χ3v) is 6.80. The van der Waals surface area contributed by atoms with Gasteiger partial charge in [-0.15, -0.1) is 0 Å². The molecule has 3 N–H and O–H groups in total. The van der Waals surface area contributed by atoms with E-state index in [0.29, 0.717) is 40.1 Å². The van der Waals surface area contributed by atoms with Gasteiger partial charge in [0, 0.05) is 16.2 Å². The van der Waals surface area contributed by atoms with Crippen LogP contribution in [0.25, 0.3) is 0 Å². The molecule has 0 bridgehead atoms. The van der Waals surface area contributed by atoms with Crippen molar-refractivity contribution in [3.63, 3.8) is 0 Å². The lowest BCUT2D eigenvalue weighted by molar-refractivity contribution is 0.0926. The molecular formula is C26H31BrClN3O3S. The van der Waals surface area contributed by atoms with E-state index < -0.39 is 5.91 Å². The van der Waals surface area contributed by atoms with Crippen molar-refractivity contribution in [3.05, 3.63) is 57.0 Å². The fourth-order valence-corrected chi connectivity index (χ4v) is 4.61. The van der Waals surface area contributed by atoms with E-state index in [1.807, 2.05) is 6.07 Å². The van der Waals surface area contributed by atoms with Crippen molar-refractivity contribution < 1.29 is 14.3 Å². The van der Waals surface area contributed by atoms with Crippen molar-refractivity contribution in [3.8, 4) is 5.75 Å². The Bertz CT molecular complexity index is 1070. The van der Waals surface area contributed by atoms with Gasteiger partial charge in [-0.3, -0.25) is 14.9 Å². The molecule has 3 rings (SSSR count). The third kappa shape index (κ3) is 8.47. The van der Waals surface area contributed by atoms with Gasteiger partial charge < -0.3 is 15.4 Å². The number of hydrogen-bond donors (Lipinski definition) is 3. The summed E-state index contributed by atoms with van der Waals surface area (Å²) in [5.41, 5.74) is 1.29. The molecule has 1 fully saturated rings. The van der Waals surface area contributed by atoms with Gasteiger partial charge in [0.25, 0.3) is 11.8 Å². The van der Waals surface area contributed by atoms with Crippen LogP contribution in [0.4, 0.5) is 5.69 Å². The summed E-state index contributed by atoms with van der Waals surface area (Å²) in [6, 6.07) is 10.4. The maximum atomic E-state index is 12.9. The quantitative estimate of drug-likeness (QED) is 0.302.